The van der Waals surface area contributed by atoms with Gasteiger partial charge in [0.05, 0.1) is 18.3 Å². The minimum atomic E-state index is -3.81. The van der Waals surface area contributed by atoms with Crippen molar-refractivity contribution in [2.45, 2.75) is 45.7 Å². The molecule has 1 aromatic rings. The van der Waals surface area contributed by atoms with Gasteiger partial charge in [0.2, 0.25) is 6.33 Å². The van der Waals surface area contributed by atoms with Gasteiger partial charge in [0, 0.05) is 0 Å². The van der Waals surface area contributed by atoms with Crippen LogP contribution in [0.2, 0.25) is 0 Å². The second kappa shape index (κ2) is 6.16. The molecule has 0 aromatic carbocycles. The van der Waals surface area contributed by atoms with Crippen LogP contribution in [-0.4, -0.2) is 23.3 Å². The Morgan fingerprint density at radius 3 is 2.71 bits per heavy atom. The molecule has 0 aliphatic carbocycles. The van der Waals surface area contributed by atoms with Crippen LogP contribution in [0, 0.1) is 0 Å². The minimum Gasteiger partial charge on any atom is -0.286 e. The molecular formula is C11H21N2O3S+. The summed E-state index contributed by atoms with van der Waals surface area (Å²) in [5.41, 5.74) is 0. The van der Waals surface area contributed by atoms with Gasteiger partial charge in [-0.1, -0.05) is 6.92 Å². The molecule has 0 fully saturated rings. The molecule has 0 spiro atoms. The van der Waals surface area contributed by atoms with Crippen LogP contribution in [0.5, 0.6) is 0 Å². The van der Waals surface area contributed by atoms with Gasteiger partial charge >= 0.3 is 0 Å². The molecule has 1 rings (SSSR count). The fourth-order valence-electron chi connectivity index (χ4n) is 1.59. The number of rotatable bonds is 7. The van der Waals surface area contributed by atoms with Gasteiger partial charge < -0.3 is 0 Å². The van der Waals surface area contributed by atoms with Crippen molar-refractivity contribution in [3.63, 3.8) is 0 Å². The topological polar surface area (TPSA) is 63.2 Å². The molecule has 0 bridgehead atoms. The Hall–Kier alpha value is -0.880. The van der Waals surface area contributed by atoms with E-state index in [4.69, 9.17) is 4.55 Å². The monoisotopic (exact) mass is 261 g/mol. The lowest BCUT2D eigenvalue weighted by Gasteiger charge is -2.02. The SMILES string of the molecule is CCC(C)n1cc[n+](CCCCS(=O)(=O)O)c1. The maximum absolute atomic E-state index is 10.5. The summed E-state index contributed by atoms with van der Waals surface area (Å²) in [6.45, 7) is 5.07. The Morgan fingerprint density at radius 1 is 1.41 bits per heavy atom. The zero-order valence-electron chi connectivity index (χ0n) is 10.4. The van der Waals surface area contributed by atoms with E-state index in [1.54, 1.807) is 0 Å². The lowest BCUT2D eigenvalue weighted by molar-refractivity contribution is -0.696. The van der Waals surface area contributed by atoms with E-state index in [0.29, 0.717) is 12.5 Å². The standard InChI is InChI=1S/C11H20N2O3S/c1-3-11(2)13-8-7-12(10-13)6-4-5-9-17(14,15)16/h7-8,10-11H,3-6,9H2,1-2H3/p+1. The summed E-state index contributed by atoms with van der Waals surface area (Å²) in [5.74, 6) is -0.153. The molecule has 1 heterocycles. The van der Waals surface area contributed by atoms with Crippen LogP contribution in [0.15, 0.2) is 18.7 Å². The number of aryl methyl sites for hydroxylation is 1. The van der Waals surface area contributed by atoms with Crippen LogP contribution in [0.3, 0.4) is 0 Å². The van der Waals surface area contributed by atoms with E-state index >= 15 is 0 Å². The fourth-order valence-corrected chi connectivity index (χ4v) is 2.16. The third kappa shape index (κ3) is 5.32. The van der Waals surface area contributed by atoms with Gasteiger partial charge in [-0.2, -0.15) is 8.42 Å². The number of nitrogens with zero attached hydrogens (tertiary/aromatic N) is 2. The van der Waals surface area contributed by atoms with Gasteiger partial charge in [-0.3, -0.25) is 4.55 Å². The number of unbranched alkanes of at least 4 members (excludes halogenated alkanes) is 1. The predicted octanol–water partition coefficient (Wildman–Crippen LogP) is 1.41. The predicted molar refractivity (Wildman–Crippen MR) is 65.3 cm³/mol. The zero-order chi connectivity index (χ0) is 12.9. The van der Waals surface area contributed by atoms with Crippen LogP contribution in [0.25, 0.3) is 0 Å². The molecule has 98 valence electrons. The van der Waals surface area contributed by atoms with Crippen LogP contribution >= 0.6 is 0 Å². The van der Waals surface area contributed by atoms with E-state index in [-0.39, 0.29) is 5.75 Å². The average Bonchev–Trinajstić information content (AvgIpc) is 2.70. The maximum Gasteiger partial charge on any atom is 0.264 e. The maximum atomic E-state index is 10.5. The molecule has 0 saturated heterocycles. The first-order valence-electron chi connectivity index (χ1n) is 5.94. The molecule has 0 saturated carbocycles. The quantitative estimate of drug-likeness (QED) is 0.458. The van der Waals surface area contributed by atoms with Crippen LogP contribution in [0.4, 0.5) is 0 Å². The summed E-state index contributed by atoms with van der Waals surface area (Å²) < 4.78 is 33.8. The van der Waals surface area contributed by atoms with Crippen molar-refractivity contribution in [1.29, 1.82) is 0 Å². The molecule has 1 atom stereocenters. The molecule has 5 nitrogen and oxygen atoms in total. The molecule has 6 heteroatoms. The molecule has 1 aromatic heterocycles. The first-order valence-corrected chi connectivity index (χ1v) is 7.55. The third-order valence-electron chi connectivity index (χ3n) is 2.88. The Bertz CT molecular complexity index is 439. The summed E-state index contributed by atoms with van der Waals surface area (Å²) in [7, 11) is -3.81. The number of hydrogen-bond donors (Lipinski definition) is 1. The van der Waals surface area contributed by atoms with Gasteiger partial charge in [-0.15, -0.1) is 0 Å². The highest BCUT2D eigenvalue weighted by atomic mass is 32.2. The van der Waals surface area contributed by atoms with Crippen LogP contribution < -0.4 is 4.57 Å². The molecular weight excluding hydrogens is 240 g/mol. The van der Waals surface area contributed by atoms with Gasteiger partial charge in [-0.25, -0.2) is 9.13 Å². The van der Waals surface area contributed by atoms with Crippen LogP contribution in [0.1, 0.15) is 39.2 Å². The highest BCUT2D eigenvalue weighted by molar-refractivity contribution is 7.85. The first-order chi connectivity index (χ1) is 7.92. The van der Waals surface area contributed by atoms with Crippen molar-refractivity contribution in [3.05, 3.63) is 18.7 Å². The lowest BCUT2D eigenvalue weighted by Crippen LogP contribution is -2.31. The van der Waals surface area contributed by atoms with Crippen molar-refractivity contribution in [2.24, 2.45) is 0 Å². The molecule has 0 aliphatic rings. The van der Waals surface area contributed by atoms with E-state index in [2.05, 4.69) is 18.4 Å². The highest BCUT2D eigenvalue weighted by Crippen LogP contribution is 2.07. The second-order valence-electron chi connectivity index (χ2n) is 4.35. The van der Waals surface area contributed by atoms with Crippen molar-refractivity contribution >= 4 is 10.1 Å². The number of hydrogen-bond acceptors (Lipinski definition) is 2. The Labute approximate surface area is 103 Å². The van der Waals surface area contributed by atoms with Crippen molar-refractivity contribution in [1.82, 2.24) is 4.57 Å². The minimum absolute atomic E-state index is 0.153. The second-order valence-corrected chi connectivity index (χ2v) is 5.92. The van der Waals surface area contributed by atoms with Gasteiger partial charge in [0.25, 0.3) is 10.1 Å². The summed E-state index contributed by atoms with van der Waals surface area (Å²) in [6.07, 6.45) is 8.35. The van der Waals surface area contributed by atoms with E-state index < -0.39 is 10.1 Å². The number of imidazole rings is 1. The first kappa shape index (κ1) is 14.2. The van der Waals surface area contributed by atoms with Crippen molar-refractivity contribution < 1.29 is 17.5 Å². The van der Waals surface area contributed by atoms with Crippen molar-refractivity contribution in [3.8, 4) is 0 Å². The summed E-state index contributed by atoms with van der Waals surface area (Å²) in [5, 5.41) is 0. The normalized spacial score (nSPS) is 13.8. The van der Waals surface area contributed by atoms with Crippen LogP contribution in [-0.2, 0) is 16.7 Å². The molecule has 17 heavy (non-hydrogen) atoms. The fraction of sp³-hybridized carbons (Fsp3) is 0.727. The molecule has 0 radical (unpaired) electrons. The van der Waals surface area contributed by atoms with Gasteiger partial charge in [0.1, 0.15) is 12.4 Å². The molecule has 1 unspecified atom stereocenters. The van der Waals surface area contributed by atoms with E-state index in [9.17, 15) is 8.42 Å². The van der Waals surface area contributed by atoms with Gasteiger partial charge in [-0.05, 0) is 26.2 Å². The Balaban J connectivity index is 2.35. The average molecular weight is 261 g/mol. The summed E-state index contributed by atoms with van der Waals surface area (Å²) in [4.78, 5) is 0. The van der Waals surface area contributed by atoms with E-state index in [1.165, 1.54) is 0 Å². The Morgan fingerprint density at radius 2 is 2.12 bits per heavy atom. The Kier molecular flexibility index (Phi) is 5.14. The zero-order valence-corrected chi connectivity index (χ0v) is 11.2. The number of aromatic nitrogens is 2. The molecule has 1 N–H and O–H groups in total. The van der Waals surface area contributed by atoms with E-state index in [1.807, 2.05) is 23.3 Å². The van der Waals surface area contributed by atoms with E-state index in [0.717, 1.165) is 19.4 Å². The lowest BCUT2D eigenvalue weighted by atomic mass is 10.3. The third-order valence-corrected chi connectivity index (χ3v) is 3.68. The molecule has 0 amide bonds. The molecule has 0 aliphatic heterocycles. The van der Waals surface area contributed by atoms with Gasteiger partial charge in [0.15, 0.2) is 0 Å². The van der Waals surface area contributed by atoms with Crippen molar-refractivity contribution in [2.75, 3.05) is 5.75 Å². The largest absolute Gasteiger partial charge is 0.286 e. The smallest absolute Gasteiger partial charge is 0.264 e. The summed E-state index contributed by atoms with van der Waals surface area (Å²) in [6, 6.07) is 0.481. The summed E-state index contributed by atoms with van der Waals surface area (Å²) >= 11 is 0. The highest BCUT2D eigenvalue weighted by Gasteiger charge is 2.09.